The third kappa shape index (κ3) is 4.26. The fourth-order valence-corrected chi connectivity index (χ4v) is 1.72. The second-order valence-corrected chi connectivity index (χ2v) is 4.68. The van der Waals surface area contributed by atoms with Gasteiger partial charge in [0.2, 0.25) is 5.91 Å². The van der Waals surface area contributed by atoms with E-state index in [0.29, 0.717) is 12.2 Å². The Kier molecular flexibility index (Phi) is 5.19. The fourth-order valence-electron chi connectivity index (χ4n) is 1.25. The van der Waals surface area contributed by atoms with Gasteiger partial charge in [-0.2, -0.15) is 12.6 Å². The van der Waals surface area contributed by atoms with E-state index in [0.717, 1.165) is 10.0 Å². The maximum absolute atomic E-state index is 11.3. The van der Waals surface area contributed by atoms with Gasteiger partial charge in [-0.1, -0.05) is 28.1 Å². The Bertz CT molecular complexity index is 326. The van der Waals surface area contributed by atoms with E-state index in [1.807, 2.05) is 31.2 Å². The third-order valence-corrected chi connectivity index (χ3v) is 2.84. The van der Waals surface area contributed by atoms with Gasteiger partial charge in [-0.05, 0) is 30.4 Å². The second-order valence-electron chi connectivity index (χ2n) is 3.31. The Morgan fingerprint density at radius 1 is 1.47 bits per heavy atom. The molecule has 0 aliphatic carbocycles. The van der Waals surface area contributed by atoms with E-state index in [2.05, 4.69) is 33.9 Å². The third-order valence-electron chi connectivity index (χ3n) is 2.09. The molecule has 1 aromatic rings. The Morgan fingerprint density at radius 3 is 2.60 bits per heavy atom. The van der Waals surface area contributed by atoms with E-state index >= 15 is 0 Å². The minimum Gasteiger partial charge on any atom is -0.350 e. The summed E-state index contributed by atoms with van der Waals surface area (Å²) in [7, 11) is 0. The molecule has 2 nitrogen and oxygen atoms in total. The van der Waals surface area contributed by atoms with Gasteiger partial charge in [0.1, 0.15) is 0 Å². The van der Waals surface area contributed by atoms with Gasteiger partial charge in [0.15, 0.2) is 0 Å². The van der Waals surface area contributed by atoms with Gasteiger partial charge in [0, 0.05) is 10.9 Å². The first-order valence-electron chi connectivity index (χ1n) is 4.79. The van der Waals surface area contributed by atoms with Crippen LogP contribution in [0, 0.1) is 0 Å². The molecule has 1 rings (SSSR count). The van der Waals surface area contributed by atoms with Crippen LogP contribution in [-0.2, 0) is 4.79 Å². The lowest BCUT2D eigenvalue weighted by Crippen LogP contribution is -2.26. The second kappa shape index (κ2) is 6.18. The summed E-state index contributed by atoms with van der Waals surface area (Å²) < 4.78 is 1.04. The number of thiol groups is 1. The Balaban J connectivity index is 2.57. The van der Waals surface area contributed by atoms with E-state index in [4.69, 9.17) is 0 Å². The number of amides is 1. The monoisotopic (exact) mass is 287 g/mol. The summed E-state index contributed by atoms with van der Waals surface area (Å²) in [4.78, 5) is 11.3. The number of nitrogens with one attached hydrogen (secondary N) is 1. The summed E-state index contributed by atoms with van der Waals surface area (Å²) in [5.41, 5.74) is 1.10. The zero-order chi connectivity index (χ0) is 11.3. The SMILES string of the molecule is CC(NC(=O)CCS)c1ccc(Br)cc1. The van der Waals surface area contributed by atoms with Gasteiger partial charge in [0.25, 0.3) is 0 Å². The van der Waals surface area contributed by atoms with Gasteiger partial charge < -0.3 is 5.32 Å². The molecule has 0 saturated heterocycles. The van der Waals surface area contributed by atoms with Crippen molar-refractivity contribution in [1.29, 1.82) is 0 Å². The topological polar surface area (TPSA) is 29.1 Å². The van der Waals surface area contributed by atoms with Crippen molar-refractivity contribution in [2.75, 3.05) is 5.75 Å². The van der Waals surface area contributed by atoms with Crippen LogP contribution in [0.15, 0.2) is 28.7 Å². The summed E-state index contributed by atoms with van der Waals surface area (Å²) in [6, 6.07) is 7.98. The average molecular weight is 288 g/mol. The molecule has 1 unspecified atom stereocenters. The highest BCUT2D eigenvalue weighted by atomic mass is 79.9. The predicted molar refractivity (Wildman–Crippen MR) is 69.2 cm³/mol. The molecule has 0 aliphatic rings. The summed E-state index contributed by atoms with van der Waals surface area (Å²) in [6.45, 7) is 1.97. The summed E-state index contributed by atoms with van der Waals surface area (Å²) in [6.07, 6.45) is 0.462. The van der Waals surface area contributed by atoms with Crippen LogP contribution in [0.2, 0.25) is 0 Å². The predicted octanol–water partition coefficient (Wildman–Crippen LogP) is 2.95. The number of halogens is 1. The van der Waals surface area contributed by atoms with Gasteiger partial charge in [-0.3, -0.25) is 4.79 Å². The molecule has 82 valence electrons. The van der Waals surface area contributed by atoms with Crippen LogP contribution < -0.4 is 5.32 Å². The summed E-state index contributed by atoms with van der Waals surface area (Å²) in [5.74, 6) is 0.624. The minimum atomic E-state index is 0.0421. The average Bonchev–Trinajstić information content (AvgIpc) is 2.18. The maximum Gasteiger partial charge on any atom is 0.221 e. The van der Waals surface area contributed by atoms with E-state index < -0.39 is 0 Å². The lowest BCUT2D eigenvalue weighted by molar-refractivity contribution is -0.121. The standard InChI is InChI=1S/C11H14BrNOS/c1-8(13-11(14)6-7-15)9-2-4-10(12)5-3-9/h2-5,8,15H,6-7H2,1H3,(H,13,14). The van der Waals surface area contributed by atoms with Crippen LogP contribution in [0.5, 0.6) is 0 Å². The number of hydrogen-bond donors (Lipinski definition) is 2. The van der Waals surface area contributed by atoms with Gasteiger partial charge in [-0.15, -0.1) is 0 Å². The molecule has 0 fully saturated rings. The van der Waals surface area contributed by atoms with Crippen LogP contribution in [-0.4, -0.2) is 11.7 Å². The molecule has 0 spiro atoms. The minimum absolute atomic E-state index is 0.0421. The van der Waals surface area contributed by atoms with Crippen LogP contribution >= 0.6 is 28.6 Å². The first kappa shape index (κ1) is 12.6. The Labute approximate surface area is 104 Å². The normalized spacial score (nSPS) is 12.2. The summed E-state index contributed by atoms with van der Waals surface area (Å²) in [5, 5.41) is 2.91. The molecule has 1 N–H and O–H groups in total. The fraction of sp³-hybridized carbons (Fsp3) is 0.364. The molecule has 0 radical (unpaired) electrons. The van der Waals surface area contributed by atoms with Crippen molar-refractivity contribution in [2.24, 2.45) is 0 Å². The van der Waals surface area contributed by atoms with Crippen LogP contribution in [0.25, 0.3) is 0 Å². The zero-order valence-electron chi connectivity index (χ0n) is 8.53. The van der Waals surface area contributed by atoms with Crippen molar-refractivity contribution < 1.29 is 4.79 Å². The van der Waals surface area contributed by atoms with Crippen LogP contribution in [0.4, 0.5) is 0 Å². The highest BCUT2D eigenvalue weighted by Gasteiger charge is 2.08. The summed E-state index contributed by atoms with van der Waals surface area (Å²) >= 11 is 7.39. The quantitative estimate of drug-likeness (QED) is 0.820. The lowest BCUT2D eigenvalue weighted by atomic mass is 10.1. The molecule has 1 aromatic carbocycles. The number of carbonyl (C=O) groups excluding carboxylic acids is 1. The highest BCUT2D eigenvalue weighted by molar-refractivity contribution is 9.10. The maximum atomic E-state index is 11.3. The van der Waals surface area contributed by atoms with Gasteiger partial charge in [-0.25, -0.2) is 0 Å². The molecule has 0 aliphatic heterocycles. The Hall–Kier alpha value is -0.480. The molecule has 0 saturated carbocycles. The Morgan fingerprint density at radius 2 is 2.07 bits per heavy atom. The van der Waals surface area contributed by atoms with Crippen molar-refractivity contribution in [1.82, 2.24) is 5.32 Å². The van der Waals surface area contributed by atoms with E-state index in [1.54, 1.807) is 0 Å². The van der Waals surface area contributed by atoms with Crippen LogP contribution in [0.1, 0.15) is 24.9 Å². The largest absolute Gasteiger partial charge is 0.350 e. The highest BCUT2D eigenvalue weighted by Crippen LogP contribution is 2.16. The first-order valence-corrected chi connectivity index (χ1v) is 6.21. The number of carbonyl (C=O) groups is 1. The lowest BCUT2D eigenvalue weighted by Gasteiger charge is -2.13. The first-order chi connectivity index (χ1) is 7.13. The molecule has 15 heavy (non-hydrogen) atoms. The number of rotatable bonds is 4. The van der Waals surface area contributed by atoms with Crippen molar-refractivity contribution in [2.45, 2.75) is 19.4 Å². The molecule has 4 heteroatoms. The van der Waals surface area contributed by atoms with Gasteiger partial charge >= 0.3 is 0 Å². The number of hydrogen-bond acceptors (Lipinski definition) is 2. The van der Waals surface area contributed by atoms with E-state index in [-0.39, 0.29) is 11.9 Å². The van der Waals surface area contributed by atoms with Crippen molar-refractivity contribution in [3.8, 4) is 0 Å². The zero-order valence-corrected chi connectivity index (χ0v) is 11.0. The molecule has 1 amide bonds. The molecule has 1 atom stereocenters. The molecule has 0 bridgehead atoms. The van der Waals surface area contributed by atoms with E-state index in [9.17, 15) is 4.79 Å². The van der Waals surface area contributed by atoms with Gasteiger partial charge in [0.05, 0.1) is 6.04 Å². The van der Waals surface area contributed by atoms with E-state index in [1.165, 1.54) is 0 Å². The molecular weight excluding hydrogens is 274 g/mol. The van der Waals surface area contributed by atoms with Crippen molar-refractivity contribution in [3.05, 3.63) is 34.3 Å². The molecule has 0 heterocycles. The van der Waals surface area contributed by atoms with Crippen molar-refractivity contribution >= 4 is 34.5 Å². The van der Waals surface area contributed by atoms with Crippen LogP contribution in [0.3, 0.4) is 0 Å². The smallest absolute Gasteiger partial charge is 0.221 e. The molecule has 0 aromatic heterocycles. The number of benzene rings is 1. The molecular formula is C11H14BrNOS. The van der Waals surface area contributed by atoms with Crippen molar-refractivity contribution in [3.63, 3.8) is 0 Å².